The number of carbonyl (C=O) groups excluding carboxylic acids is 1. The first-order valence-corrected chi connectivity index (χ1v) is 9.17. The summed E-state index contributed by atoms with van der Waals surface area (Å²) in [6, 6.07) is 2.79. The second-order valence-electron chi connectivity index (χ2n) is 5.67. The Kier molecular flexibility index (Phi) is 5.69. The van der Waals surface area contributed by atoms with Crippen molar-refractivity contribution in [1.29, 1.82) is 0 Å². The minimum Gasteiger partial charge on any atom is -0.341 e. The summed E-state index contributed by atoms with van der Waals surface area (Å²) in [5.74, 6) is -1.69. The van der Waals surface area contributed by atoms with E-state index in [1.807, 2.05) is 0 Å². The molecule has 1 amide bonds. The van der Waals surface area contributed by atoms with E-state index in [2.05, 4.69) is 4.72 Å². The van der Waals surface area contributed by atoms with Crippen LogP contribution in [0, 0.1) is 11.6 Å². The topological polar surface area (TPSA) is 66.5 Å². The van der Waals surface area contributed by atoms with Crippen LogP contribution in [-0.2, 0) is 21.2 Å². The highest BCUT2D eigenvalue weighted by Crippen LogP contribution is 2.15. The van der Waals surface area contributed by atoms with Crippen molar-refractivity contribution in [3.8, 4) is 0 Å². The highest BCUT2D eigenvalue weighted by molar-refractivity contribution is 7.89. The van der Waals surface area contributed by atoms with E-state index in [4.69, 9.17) is 0 Å². The van der Waals surface area contributed by atoms with Crippen LogP contribution in [0.1, 0.15) is 25.3 Å². The number of amides is 1. The van der Waals surface area contributed by atoms with Crippen LogP contribution in [0.4, 0.5) is 8.78 Å². The summed E-state index contributed by atoms with van der Waals surface area (Å²) < 4.78 is 52.5. The van der Waals surface area contributed by atoms with Gasteiger partial charge in [-0.3, -0.25) is 4.79 Å². The summed E-state index contributed by atoms with van der Waals surface area (Å²) in [7, 11) is -3.32. The van der Waals surface area contributed by atoms with Crippen LogP contribution in [0.5, 0.6) is 0 Å². The fourth-order valence-electron chi connectivity index (χ4n) is 2.60. The fraction of sp³-hybridized carbons (Fsp3) is 0.533. The Bertz CT molecular complexity index is 679. The molecule has 2 rings (SSSR count). The van der Waals surface area contributed by atoms with E-state index in [-0.39, 0.29) is 36.2 Å². The third-order valence-electron chi connectivity index (χ3n) is 3.72. The second-order valence-corrected chi connectivity index (χ2v) is 7.55. The van der Waals surface area contributed by atoms with Crippen LogP contribution in [0.3, 0.4) is 0 Å². The molecule has 1 aromatic rings. The van der Waals surface area contributed by atoms with Crippen molar-refractivity contribution in [2.75, 3.05) is 18.8 Å². The zero-order valence-corrected chi connectivity index (χ0v) is 13.7. The molecule has 0 radical (unpaired) electrons. The number of hydrogen-bond donors (Lipinski definition) is 1. The molecule has 128 valence electrons. The normalized spacial score (nSPS) is 18.4. The maximum atomic E-state index is 13.6. The Balaban J connectivity index is 1.92. The van der Waals surface area contributed by atoms with Crippen molar-refractivity contribution in [1.82, 2.24) is 9.62 Å². The van der Waals surface area contributed by atoms with Gasteiger partial charge in [-0.1, -0.05) is 13.0 Å². The lowest BCUT2D eigenvalue weighted by molar-refractivity contribution is -0.129. The molecular formula is C15H20F2N2O3S. The molecule has 1 aliphatic rings. The standard InChI is InChI=1S/C15H20F2N2O3S/c1-2-7-23(21,22)18-13-5-6-19(10-13)15(20)8-11-3-4-12(16)9-14(11)17/h3-4,9,13,18H,2,5-8,10H2,1H3. The number of carbonyl (C=O) groups is 1. The van der Waals surface area contributed by atoms with Crippen LogP contribution in [0.25, 0.3) is 0 Å². The molecule has 23 heavy (non-hydrogen) atoms. The molecule has 1 aromatic carbocycles. The Morgan fingerprint density at radius 2 is 2.13 bits per heavy atom. The fourth-order valence-corrected chi connectivity index (χ4v) is 3.96. The zero-order chi connectivity index (χ0) is 17.0. The number of nitrogens with one attached hydrogen (secondary N) is 1. The Morgan fingerprint density at radius 3 is 2.78 bits per heavy atom. The molecule has 0 bridgehead atoms. The van der Waals surface area contributed by atoms with Crippen LogP contribution in [0.2, 0.25) is 0 Å². The minimum atomic E-state index is -3.32. The lowest BCUT2D eigenvalue weighted by Gasteiger charge is -2.17. The van der Waals surface area contributed by atoms with Gasteiger partial charge in [0.15, 0.2) is 0 Å². The van der Waals surface area contributed by atoms with Gasteiger partial charge in [0.1, 0.15) is 11.6 Å². The van der Waals surface area contributed by atoms with Crippen molar-refractivity contribution in [2.45, 2.75) is 32.2 Å². The molecule has 0 saturated carbocycles. The van der Waals surface area contributed by atoms with Crippen molar-refractivity contribution in [2.24, 2.45) is 0 Å². The van der Waals surface area contributed by atoms with Gasteiger partial charge < -0.3 is 4.90 Å². The highest BCUT2D eigenvalue weighted by Gasteiger charge is 2.29. The van der Waals surface area contributed by atoms with E-state index in [9.17, 15) is 22.0 Å². The van der Waals surface area contributed by atoms with Crippen molar-refractivity contribution in [3.63, 3.8) is 0 Å². The molecule has 0 spiro atoms. The quantitative estimate of drug-likeness (QED) is 0.848. The molecule has 1 fully saturated rings. The van der Waals surface area contributed by atoms with E-state index in [0.717, 1.165) is 12.1 Å². The van der Waals surface area contributed by atoms with E-state index in [1.54, 1.807) is 6.92 Å². The van der Waals surface area contributed by atoms with Gasteiger partial charge in [0, 0.05) is 25.2 Å². The number of rotatable bonds is 6. The summed E-state index contributed by atoms with van der Waals surface area (Å²) in [5.41, 5.74) is 0.131. The highest BCUT2D eigenvalue weighted by atomic mass is 32.2. The molecule has 1 aliphatic heterocycles. The van der Waals surface area contributed by atoms with Crippen LogP contribution in [-0.4, -0.2) is 44.1 Å². The molecule has 0 aromatic heterocycles. The monoisotopic (exact) mass is 346 g/mol. The lowest BCUT2D eigenvalue weighted by Crippen LogP contribution is -2.39. The van der Waals surface area contributed by atoms with Crippen molar-refractivity contribution >= 4 is 15.9 Å². The van der Waals surface area contributed by atoms with Crippen LogP contribution in [0.15, 0.2) is 18.2 Å². The Hall–Kier alpha value is -1.54. The first kappa shape index (κ1) is 17.8. The second kappa shape index (κ2) is 7.35. The number of halogens is 2. The zero-order valence-electron chi connectivity index (χ0n) is 12.9. The maximum Gasteiger partial charge on any atom is 0.227 e. The Morgan fingerprint density at radius 1 is 1.39 bits per heavy atom. The molecule has 1 N–H and O–H groups in total. The van der Waals surface area contributed by atoms with Gasteiger partial charge in [-0.15, -0.1) is 0 Å². The Labute approximate surface area is 134 Å². The molecule has 8 heteroatoms. The summed E-state index contributed by atoms with van der Waals surface area (Å²) in [5, 5.41) is 0. The maximum absolute atomic E-state index is 13.6. The first-order chi connectivity index (χ1) is 10.8. The van der Waals surface area contributed by atoms with Gasteiger partial charge in [-0.05, 0) is 24.5 Å². The van der Waals surface area contributed by atoms with Gasteiger partial charge in [-0.2, -0.15) is 0 Å². The molecule has 1 saturated heterocycles. The van der Waals surface area contributed by atoms with Crippen LogP contribution >= 0.6 is 0 Å². The summed E-state index contributed by atoms with van der Waals surface area (Å²) in [6.07, 6.45) is 0.885. The first-order valence-electron chi connectivity index (χ1n) is 7.52. The smallest absolute Gasteiger partial charge is 0.227 e. The third-order valence-corrected chi connectivity index (χ3v) is 5.35. The van der Waals surface area contributed by atoms with E-state index >= 15 is 0 Å². The van der Waals surface area contributed by atoms with Gasteiger partial charge in [-0.25, -0.2) is 21.9 Å². The predicted octanol–water partition coefficient (Wildman–Crippen LogP) is 1.44. The third kappa shape index (κ3) is 4.97. The SMILES string of the molecule is CCCS(=O)(=O)NC1CCN(C(=O)Cc2ccc(F)cc2F)C1. The molecule has 1 unspecified atom stereocenters. The van der Waals surface area contributed by atoms with E-state index < -0.39 is 21.7 Å². The van der Waals surface area contributed by atoms with Crippen molar-refractivity contribution < 1.29 is 22.0 Å². The lowest BCUT2D eigenvalue weighted by atomic mass is 10.1. The molecule has 0 aliphatic carbocycles. The van der Waals surface area contributed by atoms with Crippen LogP contribution < -0.4 is 4.72 Å². The van der Waals surface area contributed by atoms with E-state index in [1.165, 1.54) is 11.0 Å². The van der Waals surface area contributed by atoms with E-state index in [0.29, 0.717) is 19.4 Å². The predicted molar refractivity (Wildman–Crippen MR) is 82.3 cm³/mol. The minimum absolute atomic E-state index is 0.0538. The molecule has 1 heterocycles. The molecular weight excluding hydrogens is 326 g/mol. The van der Waals surface area contributed by atoms with Gasteiger partial charge in [0.25, 0.3) is 0 Å². The summed E-state index contributed by atoms with van der Waals surface area (Å²) in [4.78, 5) is 13.7. The average molecular weight is 346 g/mol. The van der Waals surface area contributed by atoms with Gasteiger partial charge in [0.05, 0.1) is 12.2 Å². The number of likely N-dealkylation sites (tertiary alicyclic amines) is 1. The number of hydrogen-bond acceptors (Lipinski definition) is 3. The number of sulfonamides is 1. The average Bonchev–Trinajstić information content (AvgIpc) is 2.89. The summed E-state index contributed by atoms with van der Waals surface area (Å²) >= 11 is 0. The largest absolute Gasteiger partial charge is 0.341 e. The summed E-state index contributed by atoms with van der Waals surface area (Å²) in [6.45, 7) is 2.46. The van der Waals surface area contributed by atoms with Gasteiger partial charge >= 0.3 is 0 Å². The molecule has 1 atom stereocenters. The van der Waals surface area contributed by atoms with Gasteiger partial charge in [0.2, 0.25) is 15.9 Å². The number of benzene rings is 1. The number of nitrogens with zero attached hydrogens (tertiary/aromatic N) is 1. The molecule has 5 nitrogen and oxygen atoms in total. The van der Waals surface area contributed by atoms with Crippen molar-refractivity contribution in [3.05, 3.63) is 35.4 Å².